The van der Waals surface area contributed by atoms with Crippen LogP contribution in [-0.4, -0.2) is 11.1 Å². The first-order valence-electron chi connectivity index (χ1n) is 3.72. The van der Waals surface area contributed by atoms with E-state index in [9.17, 15) is 18.0 Å². The van der Waals surface area contributed by atoms with Crippen molar-refractivity contribution in [2.24, 2.45) is 0 Å². The normalized spacial score (nSPS) is 10.1. The zero-order valence-corrected chi connectivity index (χ0v) is 7.17. The Kier molecular flexibility index (Phi) is 2.95. The minimum absolute atomic E-state index is 0.419. The first-order chi connectivity index (χ1) is 6.97. The number of hydrogen-bond acceptors (Lipinski definition) is 2. The van der Waals surface area contributed by atoms with Crippen LogP contribution in [0.4, 0.5) is 13.2 Å². The van der Waals surface area contributed by atoms with Crippen molar-refractivity contribution in [3.8, 4) is 6.07 Å². The van der Waals surface area contributed by atoms with E-state index >= 15 is 0 Å². The van der Waals surface area contributed by atoms with E-state index in [1.807, 2.05) is 0 Å². The second-order valence-corrected chi connectivity index (χ2v) is 2.64. The van der Waals surface area contributed by atoms with E-state index in [1.54, 1.807) is 0 Å². The van der Waals surface area contributed by atoms with Crippen molar-refractivity contribution in [3.05, 3.63) is 34.6 Å². The molecule has 0 saturated heterocycles. The van der Waals surface area contributed by atoms with Crippen LogP contribution in [0.5, 0.6) is 0 Å². The number of benzene rings is 1. The van der Waals surface area contributed by atoms with Crippen molar-refractivity contribution in [1.29, 1.82) is 5.26 Å². The summed E-state index contributed by atoms with van der Waals surface area (Å²) in [5, 5.41) is 16.9. The van der Waals surface area contributed by atoms with Crippen LogP contribution in [0.25, 0.3) is 0 Å². The third-order valence-electron chi connectivity index (χ3n) is 1.73. The Morgan fingerprint density at radius 3 is 2.47 bits per heavy atom. The number of nitrogens with zero attached hydrogens (tertiary/aromatic N) is 1. The van der Waals surface area contributed by atoms with Crippen molar-refractivity contribution in [1.82, 2.24) is 0 Å². The standard InChI is InChI=1S/C9H4F3NO2/c10-7-2-6(9(14)15)5(8(11)12)1-4(7)3-13/h1-2,8H,(H,14,15). The lowest BCUT2D eigenvalue weighted by Crippen LogP contribution is -2.05. The minimum atomic E-state index is -3.07. The number of rotatable bonds is 2. The maximum atomic E-state index is 12.9. The number of nitriles is 1. The van der Waals surface area contributed by atoms with Gasteiger partial charge in [-0.25, -0.2) is 18.0 Å². The third-order valence-corrected chi connectivity index (χ3v) is 1.73. The van der Waals surface area contributed by atoms with Crippen LogP contribution in [0.3, 0.4) is 0 Å². The Bertz CT molecular complexity index is 451. The van der Waals surface area contributed by atoms with Gasteiger partial charge in [-0.1, -0.05) is 0 Å². The van der Waals surface area contributed by atoms with Gasteiger partial charge in [-0.2, -0.15) is 5.26 Å². The molecule has 0 spiro atoms. The zero-order valence-electron chi connectivity index (χ0n) is 7.17. The topological polar surface area (TPSA) is 61.1 Å². The Hall–Kier alpha value is -2.03. The van der Waals surface area contributed by atoms with Crippen molar-refractivity contribution in [2.45, 2.75) is 6.43 Å². The Balaban J connectivity index is 3.47. The van der Waals surface area contributed by atoms with Crippen molar-refractivity contribution >= 4 is 5.97 Å². The van der Waals surface area contributed by atoms with E-state index in [1.165, 1.54) is 6.07 Å². The zero-order chi connectivity index (χ0) is 11.6. The van der Waals surface area contributed by atoms with Gasteiger partial charge in [0.05, 0.1) is 11.1 Å². The van der Waals surface area contributed by atoms with E-state index in [0.717, 1.165) is 0 Å². The lowest BCUT2D eigenvalue weighted by Gasteiger charge is -2.05. The summed E-state index contributed by atoms with van der Waals surface area (Å²) in [6, 6.07) is 2.32. The number of hydrogen-bond donors (Lipinski definition) is 1. The second-order valence-electron chi connectivity index (χ2n) is 2.64. The van der Waals surface area contributed by atoms with E-state index in [-0.39, 0.29) is 0 Å². The molecule has 0 radical (unpaired) electrons. The van der Waals surface area contributed by atoms with Gasteiger partial charge in [0.2, 0.25) is 0 Å². The van der Waals surface area contributed by atoms with Gasteiger partial charge in [0.25, 0.3) is 6.43 Å². The molecule has 1 aromatic rings. The van der Waals surface area contributed by atoms with Crippen LogP contribution in [0.15, 0.2) is 12.1 Å². The van der Waals surface area contributed by atoms with Crippen molar-refractivity contribution in [3.63, 3.8) is 0 Å². The molecule has 78 valence electrons. The number of alkyl halides is 2. The third kappa shape index (κ3) is 2.07. The molecule has 0 amide bonds. The van der Waals surface area contributed by atoms with Gasteiger partial charge in [0.1, 0.15) is 11.9 Å². The summed E-state index contributed by atoms with van der Waals surface area (Å²) in [5.41, 5.74) is -2.29. The van der Waals surface area contributed by atoms with Crippen LogP contribution in [-0.2, 0) is 0 Å². The number of aromatic carboxylic acids is 1. The second kappa shape index (κ2) is 4.00. The number of halogens is 3. The van der Waals surface area contributed by atoms with Gasteiger partial charge in [-0.15, -0.1) is 0 Å². The van der Waals surface area contributed by atoms with Gasteiger partial charge in [-0.05, 0) is 12.1 Å². The molecule has 1 rings (SSSR count). The predicted octanol–water partition coefficient (Wildman–Crippen LogP) is 2.33. The highest BCUT2D eigenvalue weighted by molar-refractivity contribution is 5.89. The summed E-state index contributed by atoms with van der Waals surface area (Å²) >= 11 is 0. The molecule has 0 unspecified atom stereocenters. The molecule has 0 aliphatic heterocycles. The fourth-order valence-corrected chi connectivity index (χ4v) is 1.04. The Morgan fingerprint density at radius 2 is 2.07 bits per heavy atom. The summed E-state index contributed by atoms with van der Waals surface area (Å²) in [6.45, 7) is 0. The van der Waals surface area contributed by atoms with E-state index < -0.39 is 34.9 Å². The summed E-state index contributed by atoms with van der Waals surface area (Å²) in [4.78, 5) is 10.5. The van der Waals surface area contributed by atoms with Crippen LogP contribution in [0.1, 0.15) is 27.9 Å². The average Bonchev–Trinajstić information content (AvgIpc) is 2.16. The molecule has 6 heteroatoms. The minimum Gasteiger partial charge on any atom is -0.478 e. The highest BCUT2D eigenvalue weighted by Gasteiger charge is 2.20. The van der Waals surface area contributed by atoms with Crippen LogP contribution in [0.2, 0.25) is 0 Å². The molecule has 1 aromatic carbocycles. The lowest BCUT2D eigenvalue weighted by molar-refractivity contribution is 0.0684. The first kappa shape index (κ1) is 11.0. The summed E-state index contributed by atoms with van der Waals surface area (Å²) in [7, 11) is 0. The van der Waals surface area contributed by atoms with E-state index in [4.69, 9.17) is 10.4 Å². The molecular weight excluding hydrogens is 211 g/mol. The number of carbonyl (C=O) groups is 1. The van der Waals surface area contributed by atoms with Gasteiger partial charge in [0.15, 0.2) is 0 Å². The highest BCUT2D eigenvalue weighted by Crippen LogP contribution is 2.25. The smallest absolute Gasteiger partial charge is 0.336 e. The average molecular weight is 215 g/mol. The van der Waals surface area contributed by atoms with Gasteiger partial charge >= 0.3 is 5.97 Å². The van der Waals surface area contributed by atoms with Crippen molar-refractivity contribution in [2.75, 3.05) is 0 Å². The molecule has 1 N–H and O–H groups in total. The molecular formula is C9H4F3NO2. The number of carboxylic acids is 1. The monoisotopic (exact) mass is 215 g/mol. The van der Waals surface area contributed by atoms with Gasteiger partial charge < -0.3 is 5.11 Å². The van der Waals surface area contributed by atoms with Gasteiger partial charge in [0, 0.05) is 5.56 Å². The molecule has 15 heavy (non-hydrogen) atoms. The Labute approximate surface area is 82.4 Å². The maximum Gasteiger partial charge on any atom is 0.336 e. The largest absolute Gasteiger partial charge is 0.478 e. The predicted molar refractivity (Wildman–Crippen MR) is 43.0 cm³/mol. The molecule has 0 heterocycles. The van der Waals surface area contributed by atoms with Crippen LogP contribution >= 0.6 is 0 Å². The summed E-state index contributed by atoms with van der Waals surface area (Å²) < 4.78 is 37.6. The molecule has 3 nitrogen and oxygen atoms in total. The van der Waals surface area contributed by atoms with E-state index in [2.05, 4.69) is 0 Å². The van der Waals surface area contributed by atoms with Crippen molar-refractivity contribution < 1.29 is 23.1 Å². The fourth-order valence-electron chi connectivity index (χ4n) is 1.04. The maximum absolute atomic E-state index is 12.9. The molecule has 0 bridgehead atoms. The van der Waals surface area contributed by atoms with Gasteiger partial charge in [-0.3, -0.25) is 0 Å². The molecule has 0 saturated carbocycles. The highest BCUT2D eigenvalue weighted by atomic mass is 19.3. The quantitative estimate of drug-likeness (QED) is 0.823. The van der Waals surface area contributed by atoms with E-state index in [0.29, 0.717) is 12.1 Å². The molecule has 0 fully saturated rings. The molecule has 0 aliphatic carbocycles. The van der Waals surface area contributed by atoms with Crippen LogP contribution < -0.4 is 0 Å². The number of carboxylic acid groups (broad SMARTS) is 1. The Morgan fingerprint density at radius 1 is 1.47 bits per heavy atom. The molecule has 0 aliphatic rings. The fraction of sp³-hybridized carbons (Fsp3) is 0.111. The lowest BCUT2D eigenvalue weighted by atomic mass is 10.0. The molecule has 0 aromatic heterocycles. The van der Waals surface area contributed by atoms with Crippen LogP contribution in [0, 0.1) is 17.1 Å². The summed E-state index contributed by atoms with van der Waals surface area (Å²) in [5.74, 6) is -2.78. The molecule has 0 atom stereocenters. The first-order valence-corrected chi connectivity index (χ1v) is 3.72. The SMILES string of the molecule is N#Cc1cc(C(F)F)c(C(=O)O)cc1F. The summed E-state index contributed by atoms with van der Waals surface area (Å²) in [6.07, 6.45) is -3.07.